The molecule has 0 aliphatic carbocycles. The van der Waals surface area contributed by atoms with Crippen molar-refractivity contribution in [2.45, 2.75) is 31.5 Å². The molecule has 1 aromatic rings. The van der Waals surface area contributed by atoms with E-state index in [4.69, 9.17) is 5.26 Å². The molecule has 0 saturated carbocycles. The van der Waals surface area contributed by atoms with Gasteiger partial charge in [-0.3, -0.25) is 4.79 Å². The molecule has 0 amide bonds. The highest BCUT2D eigenvalue weighted by Gasteiger charge is 2.18. The number of hydrogen-bond donors (Lipinski definition) is 0. The molecule has 0 radical (unpaired) electrons. The summed E-state index contributed by atoms with van der Waals surface area (Å²) in [7, 11) is 0. The highest BCUT2D eigenvalue weighted by atomic mass is 79.9. The van der Waals surface area contributed by atoms with Crippen molar-refractivity contribution < 1.29 is 4.79 Å². The minimum Gasteiger partial charge on any atom is -0.298 e. The Bertz CT molecular complexity index is 417. The normalized spacial score (nSPS) is 12.2. The van der Waals surface area contributed by atoms with Crippen LogP contribution in [0.2, 0.25) is 0 Å². The third-order valence-corrected chi connectivity index (χ3v) is 3.37. The van der Waals surface area contributed by atoms with Crippen LogP contribution in [0.5, 0.6) is 0 Å². The second-order valence-corrected chi connectivity index (χ2v) is 5.49. The molecule has 1 unspecified atom stereocenters. The zero-order chi connectivity index (χ0) is 12.8. The van der Waals surface area contributed by atoms with Crippen LogP contribution in [0.3, 0.4) is 0 Å². The van der Waals surface area contributed by atoms with E-state index in [1.54, 1.807) is 0 Å². The maximum atomic E-state index is 11.7. The minimum absolute atomic E-state index is 0.0530. The van der Waals surface area contributed by atoms with Crippen LogP contribution in [0, 0.1) is 17.2 Å². The van der Waals surface area contributed by atoms with Gasteiger partial charge in [0.25, 0.3) is 0 Å². The molecule has 0 heterocycles. The van der Waals surface area contributed by atoms with Crippen LogP contribution in [-0.2, 0) is 17.6 Å². The van der Waals surface area contributed by atoms with E-state index >= 15 is 0 Å². The number of ketones is 1. The number of hydrogen-bond acceptors (Lipinski definition) is 2. The van der Waals surface area contributed by atoms with Crippen molar-refractivity contribution in [1.82, 2.24) is 0 Å². The van der Waals surface area contributed by atoms with Gasteiger partial charge in [0, 0.05) is 5.92 Å². The molecular weight excluding hydrogens is 278 g/mol. The monoisotopic (exact) mass is 293 g/mol. The Labute approximate surface area is 111 Å². The van der Waals surface area contributed by atoms with Gasteiger partial charge in [-0.15, -0.1) is 0 Å². The quantitative estimate of drug-likeness (QED) is 0.782. The fourth-order valence-corrected chi connectivity index (χ4v) is 2.46. The van der Waals surface area contributed by atoms with Gasteiger partial charge in [-0.1, -0.05) is 54.0 Å². The summed E-state index contributed by atoms with van der Waals surface area (Å²) in [5, 5.41) is 8.57. The summed E-state index contributed by atoms with van der Waals surface area (Å²) in [6.07, 6.45) is 1.13. The Kier molecular flexibility index (Phi) is 5.37. The van der Waals surface area contributed by atoms with Crippen molar-refractivity contribution in [2.75, 3.05) is 0 Å². The molecule has 1 atom stereocenters. The minimum atomic E-state index is -0.121. The van der Waals surface area contributed by atoms with Gasteiger partial charge in [0.05, 0.1) is 17.3 Å². The SMILES string of the molecule is CC(C)C(=O)C(Br)Cc1ccc(CC#N)cc1. The fraction of sp³-hybridized carbons (Fsp3) is 0.429. The second-order valence-electron chi connectivity index (χ2n) is 4.38. The van der Waals surface area contributed by atoms with E-state index in [-0.39, 0.29) is 16.5 Å². The van der Waals surface area contributed by atoms with E-state index in [1.807, 2.05) is 38.1 Å². The first kappa shape index (κ1) is 13.9. The van der Waals surface area contributed by atoms with Gasteiger partial charge in [0.1, 0.15) is 5.78 Å². The first-order chi connectivity index (χ1) is 8.04. The van der Waals surface area contributed by atoms with E-state index < -0.39 is 0 Å². The van der Waals surface area contributed by atoms with Crippen molar-refractivity contribution in [3.8, 4) is 6.07 Å². The van der Waals surface area contributed by atoms with E-state index in [0.29, 0.717) is 12.8 Å². The maximum Gasteiger partial charge on any atom is 0.149 e. The number of nitrogens with zero attached hydrogens (tertiary/aromatic N) is 1. The van der Waals surface area contributed by atoms with Crippen LogP contribution in [0.1, 0.15) is 25.0 Å². The molecule has 0 aromatic heterocycles. The molecular formula is C14H16BrNO. The van der Waals surface area contributed by atoms with Crippen LogP contribution in [-0.4, -0.2) is 10.6 Å². The smallest absolute Gasteiger partial charge is 0.149 e. The fourth-order valence-electron chi connectivity index (χ4n) is 1.55. The summed E-state index contributed by atoms with van der Waals surface area (Å²) in [5.41, 5.74) is 2.13. The van der Waals surface area contributed by atoms with Crippen LogP contribution >= 0.6 is 15.9 Å². The number of nitriles is 1. The molecule has 0 N–H and O–H groups in total. The Morgan fingerprint density at radius 2 is 1.82 bits per heavy atom. The number of Topliss-reactive ketones (excluding diaryl/α,β-unsaturated/α-hetero) is 1. The van der Waals surface area contributed by atoms with E-state index in [0.717, 1.165) is 11.1 Å². The molecule has 1 rings (SSSR count). The summed E-state index contributed by atoms with van der Waals surface area (Å²) in [5.74, 6) is 0.281. The summed E-state index contributed by atoms with van der Waals surface area (Å²) in [6, 6.07) is 9.96. The molecule has 0 bridgehead atoms. The summed E-state index contributed by atoms with van der Waals surface area (Å²) in [4.78, 5) is 11.6. The summed E-state index contributed by atoms with van der Waals surface area (Å²) < 4.78 is 0. The highest BCUT2D eigenvalue weighted by molar-refractivity contribution is 9.10. The van der Waals surface area contributed by atoms with Crippen molar-refractivity contribution in [3.05, 3.63) is 35.4 Å². The molecule has 0 aliphatic heterocycles. The molecule has 0 saturated heterocycles. The lowest BCUT2D eigenvalue weighted by Crippen LogP contribution is -2.21. The lowest BCUT2D eigenvalue weighted by Gasteiger charge is -2.11. The molecule has 90 valence electrons. The average Bonchev–Trinajstić information content (AvgIpc) is 2.30. The van der Waals surface area contributed by atoms with E-state index in [2.05, 4.69) is 22.0 Å². The van der Waals surface area contributed by atoms with Crippen LogP contribution in [0.4, 0.5) is 0 Å². The van der Waals surface area contributed by atoms with Crippen LogP contribution < -0.4 is 0 Å². The van der Waals surface area contributed by atoms with Gasteiger partial charge in [0.15, 0.2) is 0 Å². The van der Waals surface area contributed by atoms with Gasteiger partial charge in [-0.05, 0) is 17.5 Å². The lowest BCUT2D eigenvalue weighted by atomic mass is 10.00. The number of rotatable bonds is 5. The number of alkyl halides is 1. The molecule has 0 fully saturated rings. The average molecular weight is 294 g/mol. The van der Waals surface area contributed by atoms with Gasteiger partial charge in [-0.2, -0.15) is 5.26 Å². The van der Waals surface area contributed by atoms with Crippen LogP contribution in [0.25, 0.3) is 0 Å². The topological polar surface area (TPSA) is 40.9 Å². The molecule has 17 heavy (non-hydrogen) atoms. The van der Waals surface area contributed by atoms with Crippen molar-refractivity contribution >= 4 is 21.7 Å². The summed E-state index contributed by atoms with van der Waals surface area (Å²) in [6.45, 7) is 3.82. The van der Waals surface area contributed by atoms with Crippen molar-refractivity contribution in [2.24, 2.45) is 5.92 Å². The first-order valence-electron chi connectivity index (χ1n) is 5.67. The van der Waals surface area contributed by atoms with E-state index in [9.17, 15) is 4.79 Å². The second kappa shape index (κ2) is 6.56. The maximum absolute atomic E-state index is 11.7. The third-order valence-electron chi connectivity index (χ3n) is 2.60. The van der Waals surface area contributed by atoms with Crippen LogP contribution in [0.15, 0.2) is 24.3 Å². The van der Waals surface area contributed by atoms with Gasteiger partial charge >= 0.3 is 0 Å². The number of carbonyl (C=O) groups excluding carboxylic acids is 1. The van der Waals surface area contributed by atoms with Crippen molar-refractivity contribution in [1.29, 1.82) is 5.26 Å². The number of benzene rings is 1. The van der Waals surface area contributed by atoms with Gasteiger partial charge in [0.2, 0.25) is 0 Å². The number of carbonyl (C=O) groups is 1. The number of halogens is 1. The Morgan fingerprint density at radius 3 is 2.29 bits per heavy atom. The first-order valence-corrected chi connectivity index (χ1v) is 6.58. The molecule has 0 spiro atoms. The predicted octanol–water partition coefficient (Wildman–Crippen LogP) is 3.28. The van der Waals surface area contributed by atoms with Crippen molar-refractivity contribution in [3.63, 3.8) is 0 Å². The highest BCUT2D eigenvalue weighted by Crippen LogP contribution is 2.15. The molecule has 3 heteroatoms. The zero-order valence-electron chi connectivity index (χ0n) is 10.1. The lowest BCUT2D eigenvalue weighted by molar-refractivity contribution is -0.121. The van der Waals surface area contributed by atoms with Gasteiger partial charge in [-0.25, -0.2) is 0 Å². The largest absolute Gasteiger partial charge is 0.298 e. The molecule has 1 aromatic carbocycles. The Morgan fingerprint density at radius 1 is 1.29 bits per heavy atom. The summed E-state index contributed by atoms with van der Waals surface area (Å²) >= 11 is 3.43. The van der Waals surface area contributed by atoms with E-state index in [1.165, 1.54) is 0 Å². The standard InChI is InChI=1S/C14H16BrNO/c1-10(2)14(17)13(15)9-12-5-3-11(4-6-12)7-8-16/h3-6,10,13H,7,9H2,1-2H3. The third kappa shape index (κ3) is 4.32. The zero-order valence-corrected chi connectivity index (χ0v) is 11.7. The predicted molar refractivity (Wildman–Crippen MR) is 72.0 cm³/mol. The molecule has 2 nitrogen and oxygen atoms in total. The Balaban J connectivity index is 2.63. The Hall–Kier alpha value is -1.14. The molecule has 0 aliphatic rings. The van der Waals surface area contributed by atoms with Gasteiger partial charge < -0.3 is 0 Å².